The van der Waals surface area contributed by atoms with Crippen molar-refractivity contribution in [3.05, 3.63) is 71.3 Å². The van der Waals surface area contributed by atoms with E-state index in [4.69, 9.17) is 9.47 Å². The van der Waals surface area contributed by atoms with Crippen LogP contribution in [0.15, 0.2) is 54.6 Å². The van der Waals surface area contributed by atoms with Crippen LogP contribution in [0.5, 0.6) is 5.75 Å². The van der Waals surface area contributed by atoms with Crippen molar-refractivity contribution < 1.29 is 19.4 Å². The van der Waals surface area contributed by atoms with E-state index in [9.17, 15) is 9.90 Å². The number of benzene rings is 2. The molecule has 0 saturated heterocycles. The highest BCUT2D eigenvalue weighted by Gasteiger charge is 2.43. The van der Waals surface area contributed by atoms with Gasteiger partial charge in [-0.2, -0.15) is 0 Å². The van der Waals surface area contributed by atoms with E-state index in [-0.39, 0.29) is 12.0 Å². The smallest absolute Gasteiger partial charge is 0.384 e. The van der Waals surface area contributed by atoms with Crippen molar-refractivity contribution >= 4 is 11.5 Å². The first-order chi connectivity index (χ1) is 12.2. The number of esters is 1. The van der Waals surface area contributed by atoms with Crippen molar-refractivity contribution in [2.24, 2.45) is 0 Å². The van der Waals surface area contributed by atoms with Gasteiger partial charge in [0.1, 0.15) is 5.75 Å². The summed E-state index contributed by atoms with van der Waals surface area (Å²) in [7, 11) is 0. The Morgan fingerprint density at radius 2 is 1.85 bits per heavy atom. The van der Waals surface area contributed by atoms with Crippen molar-refractivity contribution in [1.82, 2.24) is 0 Å². The fourth-order valence-electron chi connectivity index (χ4n) is 2.96. The zero-order valence-electron chi connectivity index (χ0n) is 15.6. The summed E-state index contributed by atoms with van der Waals surface area (Å²) in [6.45, 7) is 8.27. The van der Waals surface area contributed by atoms with Crippen LogP contribution in [0.1, 0.15) is 44.4 Å². The van der Waals surface area contributed by atoms with E-state index in [2.05, 4.69) is 26.8 Å². The first-order valence-electron chi connectivity index (χ1n) is 8.76. The topological polar surface area (TPSA) is 55.8 Å². The molecule has 2 aromatic carbocycles. The third kappa shape index (κ3) is 3.37. The molecule has 2 aromatic rings. The lowest BCUT2D eigenvalue weighted by Gasteiger charge is -2.32. The van der Waals surface area contributed by atoms with E-state index < -0.39 is 11.8 Å². The van der Waals surface area contributed by atoms with E-state index in [1.807, 2.05) is 36.4 Å². The molecule has 0 aromatic heterocycles. The highest BCUT2D eigenvalue weighted by atomic mass is 16.7. The summed E-state index contributed by atoms with van der Waals surface area (Å²) in [6.07, 6.45) is 1.44. The lowest BCUT2D eigenvalue weighted by molar-refractivity contribution is -0.186. The van der Waals surface area contributed by atoms with Crippen LogP contribution in [0, 0.1) is 0 Å². The van der Waals surface area contributed by atoms with Crippen LogP contribution in [0.2, 0.25) is 0 Å². The molecule has 0 fully saturated rings. The van der Waals surface area contributed by atoms with Gasteiger partial charge in [0.2, 0.25) is 0 Å². The number of hydrogen-bond acceptors (Lipinski definition) is 4. The molecule has 4 heteroatoms. The molecule has 0 saturated carbocycles. The summed E-state index contributed by atoms with van der Waals surface area (Å²) in [4.78, 5) is 12.3. The number of aliphatic hydroxyl groups is 1. The predicted molar refractivity (Wildman–Crippen MR) is 101 cm³/mol. The summed E-state index contributed by atoms with van der Waals surface area (Å²) in [5.41, 5.74) is 3.59. The third-order valence-electron chi connectivity index (χ3n) is 4.39. The molecule has 0 aliphatic carbocycles. The van der Waals surface area contributed by atoms with E-state index >= 15 is 0 Å². The molecule has 4 nitrogen and oxygen atoms in total. The lowest BCUT2D eigenvalue weighted by atomic mass is 9.83. The Kier molecular flexibility index (Phi) is 4.63. The van der Waals surface area contributed by atoms with Gasteiger partial charge in [0.25, 0.3) is 0 Å². The van der Waals surface area contributed by atoms with Gasteiger partial charge >= 0.3 is 11.8 Å². The maximum Gasteiger partial charge on any atom is 0.384 e. The molecular weight excluding hydrogens is 328 g/mol. The third-order valence-corrected chi connectivity index (χ3v) is 4.39. The number of fused-ring (bicyclic) bond motifs is 1. The largest absolute Gasteiger partial charge is 0.461 e. The lowest BCUT2D eigenvalue weighted by Crippen LogP contribution is -2.46. The predicted octanol–water partition coefficient (Wildman–Crippen LogP) is 4.06. The fraction of sp³-hybridized carbons (Fsp3) is 0.318. The Morgan fingerprint density at radius 1 is 1.15 bits per heavy atom. The Hall–Kier alpha value is -2.59. The molecular formula is C22H24O4. The molecule has 1 aliphatic heterocycles. The van der Waals surface area contributed by atoms with Crippen molar-refractivity contribution in [3.63, 3.8) is 0 Å². The minimum atomic E-state index is -2.14. The van der Waals surface area contributed by atoms with Gasteiger partial charge in [-0.15, -0.1) is 0 Å². The number of hydrogen-bond donors (Lipinski definition) is 1. The molecule has 1 atom stereocenters. The number of carbonyl (C=O) groups is 1. The molecule has 26 heavy (non-hydrogen) atoms. The minimum absolute atomic E-state index is 0.0360. The van der Waals surface area contributed by atoms with Gasteiger partial charge in [0.15, 0.2) is 0 Å². The summed E-state index contributed by atoms with van der Waals surface area (Å²) in [6, 6.07) is 15.5. The van der Waals surface area contributed by atoms with Gasteiger partial charge < -0.3 is 14.6 Å². The molecule has 1 unspecified atom stereocenters. The van der Waals surface area contributed by atoms with E-state index in [0.29, 0.717) is 5.75 Å². The van der Waals surface area contributed by atoms with Gasteiger partial charge in [0.05, 0.1) is 6.61 Å². The second kappa shape index (κ2) is 6.61. The number of carbonyl (C=O) groups excluding carboxylic acids is 1. The minimum Gasteiger partial charge on any atom is -0.461 e. The van der Waals surface area contributed by atoms with Crippen molar-refractivity contribution in [1.29, 1.82) is 0 Å². The monoisotopic (exact) mass is 352 g/mol. The highest BCUT2D eigenvalue weighted by Crippen LogP contribution is 2.41. The molecule has 0 radical (unpaired) electrons. The summed E-state index contributed by atoms with van der Waals surface area (Å²) < 4.78 is 10.7. The zero-order chi connectivity index (χ0) is 18.9. The second-order valence-corrected chi connectivity index (χ2v) is 7.40. The summed E-state index contributed by atoms with van der Waals surface area (Å²) in [5.74, 6) is -2.51. The van der Waals surface area contributed by atoms with Crippen molar-refractivity contribution in [2.45, 2.75) is 38.9 Å². The quantitative estimate of drug-likeness (QED) is 0.847. The number of rotatable bonds is 3. The normalized spacial score (nSPS) is 19.2. The first kappa shape index (κ1) is 18.2. The fourth-order valence-corrected chi connectivity index (χ4v) is 2.96. The van der Waals surface area contributed by atoms with Gasteiger partial charge in [-0.3, -0.25) is 0 Å². The van der Waals surface area contributed by atoms with Gasteiger partial charge in [-0.25, -0.2) is 4.79 Å². The maximum absolute atomic E-state index is 12.3. The Bertz CT molecular complexity index is 846. The molecule has 1 aliphatic rings. The molecule has 0 amide bonds. The SMILES string of the molecule is CCOC(=O)C1(O)C=C(c2ccccc2)c2cc(C(C)(C)C)ccc2O1. The second-order valence-electron chi connectivity index (χ2n) is 7.40. The van der Waals surface area contributed by atoms with Gasteiger partial charge in [-0.1, -0.05) is 57.2 Å². The van der Waals surface area contributed by atoms with E-state index in [1.54, 1.807) is 13.0 Å². The molecule has 136 valence electrons. The van der Waals surface area contributed by atoms with Crippen molar-refractivity contribution in [2.75, 3.05) is 6.61 Å². The maximum atomic E-state index is 12.3. The first-order valence-corrected chi connectivity index (χ1v) is 8.76. The van der Waals surface area contributed by atoms with Crippen LogP contribution in [0.4, 0.5) is 0 Å². The van der Waals surface area contributed by atoms with Gasteiger partial charge in [-0.05, 0) is 41.2 Å². The molecule has 0 bridgehead atoms. The average Bonchev–Trinajstić information content (AvgIpc) is 2.61. The molecule has 1 heterocycles. The summed E-state index contributed by atoms with van der Waals surface area (Å²) in [5, 5.41) is 10.8. The average molecular weight is 352 g/mol. The molecule has 1 N–H and O–H groups in total. The number of ether oxygens (including phenoxy) is 2. The van der Waals surface area contributed by atoms with Gasteiger partial charge in [0, 0.05) is 11.6 Å². The highest BCUT2D eigenvalue weighted by molar-refractivity contribution is 5.91. The Labute approximate surface area is 154 Å². The van der Waals surface area contributed by atoms with Crippen LogP contribution in [0.25, 0.3) is 5.57 Å². The molecule has 3 rings (SSSR count). The van der Waals surface area contributed by atoms with Crippen LogP contribution >= 0.6 is 0 Å². The van der Waals surface area contributed by atoms with Crippen LogP contribution in [0.3, 0.4) is 0 Å². The Balaban J connectivity index is 2.19. The molecule has 0 spiro atoms. The summed E-state index contributed by atoms with van der Waals surface area (Å²) >= 11 is 0. The van der Waals surface area contributed by atoms with E-state index in [1.165, 1.54) is 6.08 Å². The van der Waals surface area contributed by atoms with Crippen LogP contribution in [-0.4, -0.2) is 23.5 Å². The zero-order valence-corrected chi connectivity index (χ0v) is 15.6. The van der Waals surface area contributed by atoms with Crippen LogP contribution < -0.4 is 4.74 Å². The Morgan fingerprint density at radius 3 is 2.46 bits per heavy atom. The van der Waals surface area contributed by atoms with E-state index in [0.717, 1.165) is 22.3 Å². The van der Waals surface area contributed by atoms with Crippen molar-refractivity contribution in [3.8, 4) is 5.75 Å². The standard InChI is InChI=1S/C22H24O4/c1-5-25-20(23)22(24)14-18(15-9-7-6-8-10-15)17-13-16(21(2,3)4)11-12-19(17)26-22/h6-14,24H,5H2,1-4H3. The van der Waals surface area contributed by atoms with Crippen LogP contribution in [-0.2, 0) is 14.9 Å².